The average Bonchev–Trinajstić information content (AvgIpc) is 3.49. The van der Waals surface area contributed by atoms with E-state index >= 15 is 0 Å². The van der Waals surface area contributed by atoms with E-state index in [0.29, 0.717) is 34.5 Å². The van der Waals surface area contributed by atoms with Crippen LogP contribution in [0.5, 0.6) is 0 Å². The van der Waals surface area contributed by atoms with Gasteiger partial charge in [0.15, 0.2) is 5.82 Å². The summed E-state index contributed by atoms with van der Waals surface area (Å²) in [7, 11) is 1.87. The highest BCUT2D eigenvalue weighted by Crippen LogP contribution is 2.35. The molecule has 1 amide bonds. The molecule has 0 spiro atoms. The molecule has 1 aromatic carbocycles. The molecule has 0 radical (unpaired) electrons. The SMILES string of the molecule is Cc1cc(CNCC2CC2)cc(N2Cc3ccc(-c4ncc(Cl)cc4-c4nncn4C)cc3C2=O)n1. The maximum Gasteiger partial charge on any atom is 0.260 e. The number of halogens is 1. The van der Waals surface area contributed by atoms with Crippen LogP contribution in [0.15, 0.2) is 48.9 Å². The lowest BCUT2D eigenvalue weighted by Crippen LogP contribution is -2.25. The summed E-state index contributed by atoms with van der Waals surface area (Å²) in [4.78, 5) is 24.6. The van der Waals surface area contributed by atoms with Gasteiger partial charge in [-0.25, -0.2) is 4.98 Å². The molecule has 2 aliphatic rings. The zero-order valence-corrected chi connectivity index (χ0v) is 21.0. The molecule has 182 valence electrons. The van der Waals surface area contributed by atoms with Crippen LogP contribution in [0.4, 0.5) is 5.82 Å². The summed E-state index contributed by atoms with van der Waals surface area (Å²) in [5, 5.41) is 12.3. The number of nitrogens with one attached hydrogen (secondary N) is 1. The number of fused-ring (bicyclic) bond motifs is 1. The minimum Gasteiger partial charge on any atom is -0.317 e. The molecule has 1 saturated carbocycles. The molecule has 1 N–H and O–H groups in total. The molecule has 1 aliphatic carbocycles. The lowest BCUT2D eigenvalue weighted by molar-refractivity contribution is 0.0996. The van der Waals surface area contributed by atoms with Gasteiger partial charge in [0.05, 0.1) is 17.3 Å². The number of aromatic nitrogens is 5. The second-order valence-electron chi connectivity index (χ2n) is 9.63. The van der Waals surface area contributed by atoms with E-state index in [4.69, 9.17) is 11.6 Å². The summed E-state index contributed by atoms with van der Waals surface area (Å²) in [6, 6.07) is 11.8. The Labute approximate surface area is 214 Å². The largest absolute Gasteiger partial charge is 0.317 e. The van der Waals surface area contributed by atoms with Crippen LogP contribution in [0.1, 0.15) is 40.0 Å². The molecule has 4 heterocycles. The fourth-order valence-corrected chi connectivity index (χ4v) is 4.86. The quantitative estimate of drug-likeness (QED) is 0.401. The Balaban J connectivity index is 1.30. The van der Waals surface area contributed by atoms with Gasteiger partial charge in [0.2, 0.25) is 0 Å². The van der Waals surface area contributed by atoms with E-state index in [-0.39, 0.29) is 5.91 Å². The van der Waals surface area contributed by atoms with Crippen LogP contribution in [0.25, 0.3) is 22.6 Å². The van der Waals surface area contributed by atoms with Crippen LogP contribution in [-0.2, 0) is 20.1 Å². The highest BCUT2D eigenvalue weighted by molar-refractivity contribution is 6.30. The Hall–Kier alpha value is -3.62. The number of pyridine rings is 2. The van der Waals surface area contributed by atoms with Gasteiger partial charge < -0.3 is 9.88 Å². The first-order valence-electron chi connectivity index (χ1n) is 12.1. The summed E-state index contributed by atoms with van der Waals surface area (Å²) in [6.45, 7) is 4.28. The number of hydrogen-bond acceptors (Lipinski definition) is 6. The molecule has 0 saturated heterocycles. The standard InChI is InChI=1S/C27H26ClN7O/c1-16-7-18(12-29-11-17-3-4-17)8-24(32-16)35-14-20-6-5-19(9-22(20)27(35)36)25-23(10-21(28)13-30-25)26-33-31-15-34(26)2/h5-10,13,15,17,29H,3-4,11-12,14H2,1-2H3. The first-order valence-corrected chi connectivity index (χ1v) is 12.5. The second-order valence-corrected chi connectivity index (χ2v) is 10.1. The molecule has 4 aromatic rings. The highest BCUT2D eigenvalue weighted by atomic mass is 35.5. The molecule has 1 aliphatic heterocycles. The molecule has 8 nitrogen and oxygen atoms in total. The minimum atomic E-state index is -0.0592. The molecule has 3 aromatic heterocycles. The monoisotopic (exact) mass is 499 g/mol. The highest BCUT2D eigenvalue weighted by Gasteiger charge is 2.30. The molecule has 9 heteroatoms. The van der Waals surface area contributed by atoms with E-state index < -0.39 is 0 Å². The molecule has 36 heavy (non-hydrogen) atoms. The van der Waals surface area contributed by atoms with Crippen LogP contribution in [-0.4, -0.2) is 37.2 Å². The summed E-state index contributed by atoms with van der Waals surface area (Å²) in [5.74, 6) is 2.10. The molecule has 1 fully saturated rings. The number of anilines is 1. The van der Waals surface area contributed by atoms with Gasteiger partial charge in [0.1, 0.15) is 12.1 Å². The summed E-state index contributed by atoms with van der Waals surface area (Å²) in [6.07, 6.45) is 5.88. The van der Waals surface area contributed by atoms with Crippen molar-refractivity contribution in [2.24, 2.45) is 13.0 Å². The molecule has 0 bridgehead atoms. The van der Waals surface area contributed by atoms with Crippen molar-refractivity contribution >= 4 is 23.3 Å². The number of nitrogens with zero attached hydrogens (tertiary/aromatic N) is 6. The first kappa shape index (κ1) is 22.8. The second kappa shape index (κ2) is 9.11. The van der Waals surface area contributed by atoms with Crippen molar-refractivity contribution in [2.45, 2.75) is 32.9 Å². The van der Waals surface area contributed by atoms with E-state index in [0.717, 1.165) is 47.0 Å². The lowest BCUT2D eigenvalue weighted by atomic mass is 10.0. The van der Waals surface area contributed by atoms with Gasteiger partial charge in [-0.2, -0.15) is 0 Å². The van der Waals surface area contributed by atoms with Gasteiger partial charge in [0.25, 0.3) is 5.91 Å². The number of benzene rings is 1. The maximum atomic E-state index is 13.5. The van der Waals surface area contributed by atoms with Gasteiger partial charge >= 0.3 is 0 Å². The van der Waals surface area contributed by atoms with Crippen molar-refractivity contribution in [1.29, 1.82) is 0 Å². The van der Waals surface area contributed by atoms with E-state index in [9.17, 15) is 4.79 Å². The van der Waals surface area contributed by atoms with Crippen LogP contribution < -0.4 is 10.2 Å². The number of hydrogen-bond donors (Lipinski definition) is 1. The van der Waals surface area contributed by atoms with Crippen LogP contribution >= 0.6 is 11.6 Å². The van der Waals surface area contributed by atoms with Gasteiger partial charge in [-0.1, -0.05) is 23.7 Å². The Bertz CT molecular complexity index is 1480. The minimum absolute atomic E-state index is 0.0592. The summed E-state index contributed by atoms with van der Waals surface area (Å²) in [5.41, 5.74) is 5.94. The normalized spacial score (nSPS) is 15.0. The first-order chi connectivity index (χ1) is 17.5. The molecule has 6 rings (SSSR count). The predicted octanol–water partition coefficient (Wildman–Crippen LogP) is 4.56. The number of carbonyl (C=O) groups excluding carboxylic acids is 1. The predicted molar refractivity (Wildman–Crippen MR) is 139 cm³/mol. The van der Waals surface area contributed by atoms with Gasteiger partial charge in [-0.05, 0) is 67.6 Å². The van der Waals surface area contributed by atoms with Crippen LogP contribution in [0, 0.1) is 12.8 Å². The molecule has 0 unspecified atom stereocenters. The van der Waals surface area contributed by atoms with Gasteiger partial charge in [-0.3, -0.25) is 14.7 Å². The maximum absolute atomic E-state index is 13.5. The van der Waals surface area contributed by atoms with Crippen molar-refractivity contribution < 1.29 is 4.79 Å². The van der Waals surface area contributed by atoms with Crippen LogP contribution in [0.2, 0.25) is 5.02 Å². The van der Waals surface area contributed by atoms with Crippen molar-refractivity contribution in [1.82, 2.24) is 30.0 Å². The number of carbonyl (C=O) groups is 1. The fourth-order valence-electron chi connectivity index (χ4n) is 4.70. The Morgan fingerprint density at radius 2 is 2.00 bits per heavy atom. The lowest BCUT2D eigenvalue weighted by Gasteiger charge is -2.17. The van der Waals surface area contributed by atoms with Crippen molar-refractivity contribution in [3.63, 3.8) is 0 Å². The van der Waals surface area contributed by atoms with Gasteiger partial charge in [-0.15, -0.1) is 10.2 Å². The smallest absolute Gasteiger partial charge is 0.260 e. The number of amides is 1. The Morgan fingerprint density at radius 1 is 1.14 bits per heavy atom. The van der Waals surface area contributed by atoms with Crippen molar-refractivity contribution in [3.8, 4) is 22.6 Å². The van der Waals surface area contributed by atoms with Gasteiger partial charge in [0, 0.05) is 42.2 Å². The van der Waals surface area contributed by atoms with E-state index in [2.05, 4.69) is 31.5 Å². The zero-order valence-electron chi connectivity index (χ0n) is 20.2. The van der Waals surface area contributed by atoms with E-state index in [1.165, 1.54) is 12.8 Å². The zero-order chi connectivity index (χ0) is 24.8. The third kappa shape index (κ3) is 4.38. The average molecular weight is 500 g/mol. The number of aryl methyl sites for hydroxylation is 2. The van der Waals surface area contributed by atoms with E-state index in [1.54, 1.807) is 17.4 Å². The summed E-state index contributed by atoms with van der Waals surface area (Å²) >= 11 is 6.26. The summed E-state index contributed by atoms with van der Waals surface area (Å²) < 4.78 is 1.82. The third-order valence-corrected chi connectivity index (χ3v) is 6.94. The Kier molecular flexibility index (Phi) is 5.78. The molecular weight excluding hydrogens is 474 g/mol. The van der Waals surface area contributed by atoms with Crippen molar-refractivity contribution in [2.75, 3.05) is 11.4 Å². The molecular formula is C27H26ClN7O. The number of rotatable bonds is 7. The topological polar surface area (TPSA) is 88.8 Å². The molecule has 0 atom stereocenters. The van der Waals surface area contributed by atoms with Crippen molar-refractivity contribution in [3.05, 3.63) is 76.3 Å². The third-order valence-electron chi connectivity index (χ3n) is 6.73. The fraction of sp³-hybridized carbons (Fsp3) is 0.296. The van der Waals surface area contributed by atoms with E-state index in [1.807, 2.05) is 48.9 Å². The Morgan fingerprint density at radius 3 is 2.78 bits per heavy atom. The van der Waals surface area contributed by atoms with Crippen LogP contribution in [0.3, 0.4) is 0 Å².